The Balaban J connectivity index is 1.77. The van der Waals surface area contributed by atoms with Gasteiger partial charge in [-0.15, -0.1) is 0 Å². The Morgan fingerprint density at radius 3 is 2.57 bits per heavy atom. The summed E-state index contributed by atoms with van der Waals surface area (Å²) in [5.41, 5.74) is 1.24. The highest BCUT2D eigenvalue weighted by atomic mass is 16.5. The van der Waals surface area contributed by atoms with Gasteiger partial charge in [0, 0.05) is 19.0 Å². The van der Waals surface area contributed by atoms with E-state index in [0.717, 1.165) is 31.1 Å². The second-order valence-electron chi connectivity index (χ2n) is 5.55. The molecule has 0 fully saturated rings. The summed E-state index contributed by atoms with van der Waals surface area (Å²) in [4.78, 5) is 4.00. The molecule has 0 aliphatic carbocycles. The maximum absolute atomic E-state index is 5.68. The third-order valence-corrected chi connectivity index (χ3v) is 3.17. The first-order valence-electron chi connectivity index (χ1n) is 7.36. The Bertz CT molecular complexity index is 509. The van der Waals surface area contributed by atoms with Crippen LogP contribution in [0.2, 0.25) is 0 Å². The van der Waals surface area contributed by atoms with Crippen molar-refractivity contribution in [2.75, 3.05) is 13.2 Å². The lowest BCUT2D eigenvalue weighted by Gasteiger charge is -2.15. The van der Waals surface area contributed by atoms with E-state index < -0.39 is 0 Å². The summed E-state index contributed by atoms with van der Waals surface area (Å²) in [6, 6.07) is 8.52. The number of nitrogens with one attached hydrogen (secondary N) is 1. The molecule has 114 valence electrons. The molecule has 5 heteroatoms. The predicted octanol–water partition coefficient (Wildman–Crippen LogP) is 3.00. The molecule has 1 aromatic carbocycles. The van der Waals surface area contributed by atoms with Crippen LogP contribution in [-0.4, -0.2) is 23.3 Å². The van der Waals surface area contributed by atoms with Crippen molar-refractivity contribution in [2.24, 2.45) is 5.92 Å². The number of ether oxygens (including phenoxy) is 1. The van der Waals surface area contributed by atoms with Crippen LogP contribution < -0.4 is 10.1 Å². The highest BCUT2D eigenvalue weighted by Crippen LogP contribution is 2.18. The maximum atomic E-state index is 5.68. The fourth-order valence-corrected chi connectivity index (χ4v) is 1.94. The molecular formula is C16H23N3O2. The average Bonchev–Trinajstić information content (AvgIpc) is 2.99. The van der Waals surface area contributed by atoms with Crippen LogP contribution in [0.1, 0.15) is 38.2 Å². The summed E-state index contributed by atoms with van der Waals surface area (Å²) in [5, 5.41) is 7.23. The summed E-state index contributed by atoms with van der Waals surface area (Å²) in [6.45, 7) is 7.98. The standard InChI is InChI=1S/C16H23N3O2/c1-12(2)10-20-15-6-4-14(5-7-15)13(3)17-9-8-16-18-11-21-19-16/h4-7,11-13,17H,8-10H2,1-3H3. The molecular weight excluding hydrogens is 266 g/mol. The zero-order valence-electron chi connectivity index (χ0n) is 12.9. The molecule has 21 heavy (non-hydrogen) atoms. The Kier molecular flexibility index (Phi) is 5.75. The molecule has 0 spiro atoms. The van der Waals surface area contributed by atoms with E-state index in [-0.39, 0.29) is 6.04 Å². The first kappa shape index (κ1) is 15.5. The fourth-order valence-electron chi connectivity index (χ4n) is 1.94. The lowest BCUT2D eigenvalue weighted by Crippen LogP contribution is -2.21. The number of hydrogen-bond acceptors (Lipinski definition) is 5. The normalized spacial score (nSPS) is 12.6. The number of benzene rings is 1. The minimum absolute atomic E-state index is 0.274. The van der Waals surface area contributed by atoms with Crippen LogP contribution >= 0.6 is 0 Å². The van der Waals surface area contributed by atoms with Gasteiger partial charge >= 0.3 is 0 Å². The average molecular weight is 289 g/mol. The molecule has 1 atom stereocenters. The molecule has 1 N–H and O–H groups in total. The quantitative estimate of drug-likeness (QED) is 0.809. The summed E-state index contributed by atoms with van der Waals surface area (Å²) < 4.78 is 10.4. The predicted molar refractivity (Wildman–Crippen MR) is 81.2 cm³/mol. The van der Waals surface area contributed by atoms with Gasteiger partial charge in [-0.25, -0.2) is 0 Å². The second-order valence-corrected chi connectivity index (χ2v) is 5.55. The molecule has 0 aliphatic rings. The lowest BCUT2D eigenvalue weighted by molar-refractivity contribution is 0.271. The van der Waals surface area contributed by atoms with Gasteiger partial charge in [-0.05, 0) is 30.5 Å². The highest BCUT2D eigenvalue weighted by Gasteiger charge is 2.06. The van der Waals surface area contributed by atoms with Crippen molar-refractivity contribution >= 4 is 0 Å². The topological polar surface area (TPSA) is 60.2 Å². The van der Waals surface area contributed by atoms with Gasteiger partial charge in [-0.3, -0.25) is 0 Å². The van der Waals surface area contributed by atoms with Crippen molar-refractivity contribution in [2.45, 2.75) is 33.2 Å². The molecule has 0 amide bonds. The van der Waals surface area contributed by atoms with Crippen LogP contribution in [-0.2, 0) is 6.42 Å². The highest BCUT2D eigenvalue weighted by molar-refractivity contribution is 5.28. The molecule has 0 saturated carbocycles. The molecule has 1 unspecified atom stereocenters. The van der Waals surface area contributed by atoms with Gasteiger partial charge in [-0.2, -0.15) is 4.98 Å². The van der Waals surface area contributed by atoms with Crippen molar-refractivity contribution in [3.8, 4) is 5.75 Å². The van der Waals surface area contributed by atoms with E-state index in [1.165, 1.54) is 12.0 Å². The van der Waals surface area contributed by atoms with Crippen molar-refractivity contribution in [1.29, 1.82) is 0 Å². The van der Waals surface area contributed by atoms with Gasteiger partial charge in [0.1, 0.15) is 5.75 Å². The van der Waals surface area contributed by atoms with Crippen molar-refractivity contribution in [1.82, 2.24) is 15.5 Å². The van der Waals surface area contributed by atoms with Gasteiger partial charge in [0.15, 0.2) is 5.82 Å². The maximum Gasteiger partial charge on any atom is 0.213 e. The van der Waals surface area contributed by atoms with Crippen LogP contribution in [0.15, 0.2) is 35.2 Å². The van der Waals surface area contributed by atoms with Crippen LogP contribution in [0, 0.1) is 5.92 Å². The summed E-state index contributed by atoms with van der Waals surface area (Å²) >= 11 is 0. The van der Waals surface area contributed by atoms with Crippen LogP contribution in [0.5, 0.6) is 5.75 Å². The third kappa shape index (κ3) is 5.19. The first-order chi connectivity index (χ1) is 10.1. The Labute approximate surface area is 125 Å². The fraction of sp³-hybridized carbons (Fsp3) is 0.500. The Morgan fingerprint density at radius 1 is 1.19 bits per heavy atom. The summed E-state index contributed by atoms with van der Waals surface area (Å²) in [5.74, 6) is 2.19. The van der Waals surface area contributed by atoms with Crippen molar-refractivity contribution in [3.63, 3.8) is 0 Å². The van der Waals surface area contributed by atoms with Gasteiger partial charge in [0.2, 0.25) is 6.39 Å². The number of aromatic nitrogens is 2. The zero-order chi connectivity index (χ0) is 15.1. The molecule has 0 aliphatic heterocycles. The third-order valence-electron chi connectivity index (χ3n) is 3.17. The Hall–Kier alpha value is -1.88. The smallest absolute Gasteiger partial charge is 0.213 e. The minimum Gasteiger partial charge on any atom is -0.493 e. The molecule has 2 rings (SSSR count). The second kappa shape index (κ2) is 7.78. The van der Waals surface area contributed by atoms with Crippen molar-refractivity contribution in [3.05, 3.63) is 42.0 Å². The SMILES string of the molecule is CC(C)COc1ccc(C(C)NCCc2ncon2)cc1. The minimum atomic E-state index is 0.274. The lowest BCUT2D eigenvalue weighted by atomic mass is 10.1. The van der Waals surface area contributed by atoms with Gasteiger partial charge in [0.25, 0.3) is 0 Å². The number of rotatable bonds is 8. The molecule has 1 aromatic heterocycles. The number of hydrogen-bond donors (Lipinski definition) is 1. The van der Waals surface area contributed by atoms with Crippen LogP contribution in [0.25, 0.3) is 0 Å². The molecule has 2 aromatic rings. The van der Waals surface area contributed by atoms with E-state index in [9.17, 15) is 0 Å². The summed E-state index contributed by atoms with van der Waals surface area (Å²) in [7, 11) is 0. The van der Waals surface area contributed by atoms with E-state index in [4.69, 9.17) is 9.26 Å². The zero-order valence-corrected chi connectivity index (χ0v) is 12.9. The summed E-state index contributed by atoms with van der Waals surface area (Å²) in [6.07, 6.45) is 2.12. The van der Waals surface area contributed by atoms with Gasteiger partial charge in [-0.1, -0.05) is 31.1 Å². The molecule has 0 radical (unpaired) electrons. The van der Waals surface area contributed by atoms with E-state index in [1.807, 2.05) is 12.1 Å². The van der Waals surface area contributed by atoms with E-state index >= 15 is 0 Å². The van der Waals surface area contributed by atoms with Gasteiger partial charge in [0.05, 0.1) is 6.61 Å². The van der Waals surface area contributed by atoms with Crippen LogP contribution in [0.3, 0.4) is 0 Å². The van der Waals surface area contributed by atoms with Crippen molar-refractivity contribution < 1.29 is 9.26 Å². The van der Waals surface area contributed by atoms with Gasteiger partial charge < -0.3 is 14.6 Å². The molecule has 0 saturated heterocycles. The Morgan fingerprint density at radius 2 is 1.95 bits per heavy atom. The van der Waals surface area contributed by atoms with E-state index in [0.29, 0.717) is 5.92 Å². The molecule has 0 bridgehead atoms. The van der Waals surface area contributed by atoms with Crippen LogP contribution in [0.4, 0.5) is 0 Å². The largest absolute Gasteiger partial charge is 0.493 e. The van der Waals surface area contributed by atoms with E-state index in [2.05, 4.69) is 48.4 Å². The molecule has 1 heterocycles. The number of nitrogens with zero attached hydrogens (tertiary/aromatic N) is 2. The van der Waals surface area contributed by atoms with E-state index in [1.54, 1.807) is 0 Å². The molecule has 5 nitrogen and oxygen atoms in total. The monoisotopic (exact) mass is 289 g/mol. The first-order valence-corrected chi connectivity index (χ1v) is 7.36.